The van der Waals surface area contributed by atoms with Crippen LogP contribution in [0.3, 0.4) is 0 Å². The standard InChI is InChI=1S/C23H24N2O5S/c1-16(17-12-13-21(29-2)22(15-17)30-3)24-23(26)18-8-7-9-19(14-18)25-31(27,28)20-10-5-4-6-11-20/h4-16,25H,1-3H3,(H,24,26). The summed E-state index contributed by atoms with van der Waals surface area (Å²) in [5.41, 5.74) is 1.47. The van der Waals surface area contributed by atoms with Crippen molar-refractivity contribution >= 4 is 21.6 Å². The lowest BCUT2D eigenvalue weighted by molar-refractivity contribution is 0.0940. The van der Waals surface area contributed by atoms with E-state index in [9.17, 15) is 13.2 Å². The molecule has 0 fully saturated rings. The predicted octanol–water partition coefficient (Wildman–Crippen LogP) is 4.00. The lowest BCUT2D eigenvalue weighted by atomic mass is 10.1. The maximum absolute atomic E-state index is 12.7. The third-order valence-corrected chi connectivity index (χ3v) is 6.08. The van der Waals surface area contributed by atoms with Crippen LogP contribution in [0.15, 0.2) is 77.7 Å². The average Bonchev–Trinajstić information content (AvgIpc) is 2.79. The van der Waals surface area contributed by atoms with Gasteiger partial charge >= 0.3 is 0 Å². The monoisotopic (exact) mass is 440 g/mol. The normalized spacial score (nSPS) is 12.0. The first-order valence-electron chi connectivity index (χ1n) is 9.55. The Morgan fingerprint density at radius 3 is 2.26 bits per heavy atom. The van der Waals surface area contributed by atoms with E-state index in [-0.39, 0.29) is 16.8 Å². The largest absolute Gasteiger partial charge is 0.493 e. The fourth-order valence-corrected chi connectivity index (χ4v) is 4.09. The first kappa shape index (κ1) is 22.2. The van der Waals surface area contributed by atoms with Crippen molar-refractivity contribution in [1.29, 1.82) is 0 Å². The average molecular weight is 441 g/mol. The van der Waals surface area contributed by atoms with Gasteiger partial charge in [0.15, 0.2) is 11.5 Å². The second kappa shape index (κ2) is 9.53. The summed E-state index contributed by atoms with van der Waals surface area (Å²) in [6, 6.07) is 19.5. The summed E-state index contributed by atoms with van der Waals surface area (Å²) < 4.78 is 38.1. The Morgan fingerprint density at radius 1 is 0.871 bits per heavy atom. The number of hydrogen-bond donors (Lipinski definition) is 2. The summed E-state index contributed by atoms with van der Waals surface area (Å²) >= 11 is 0. The van der Waals surface area contributed by atoms with E-state index in [4.69, 9.17) is 9.47 Å². The third kappa shape index (κ3) is 5.35. The van der Waals surface area contributed by atoms with Crippen LogP contribution in [-0.2, 0) is 10.0 Å². The van der Waals surface area contributed by atoms with Crippen molar-refractivity contribution in [1.82, 2.24) is 5.32 Å². The summed E-state index contributed by atoms with van der Waals surface area (Å²) in [5.74, 6) is 0.838. The SMILES string of the molecule is COc1ccc(C(C)NC(=O)c2cccc(NS(=O)(=O)c3ccccc3)c2)cc1OC. The molecule has 0 saturated heterocycles. The second-order valence-corrected chi connectivity index (χ2v) is 8.49. The molecule has 3 rings (SSSR count). The molecule has 162 valence electrons. The van der Waals surface area contributed by atoms with Gasteiger partial charge in [-0.05, 0) is 55.0 Å². The molecule has 2 N–H and O–H groups in total. The highest BCUT2D eigenvalue weighted by molar-refractivity contribution is 7.92. The minimum absolute atomic E-state index is 0.145. The van der Waals surface area contributed by atoms with E-state index in [1.54, 1.807) is 62.8 Å². The number of benzene rings is 3. The number of amides is 1. The highest BCUT2D eigenvalue weighted by Crippen LogP contribution is 2.30. The lowest BCUT2D eigenvalue weighted by Crippen LogP contribution is -2.26. The van der Waals surface area contributed by atoms with E-state index in [0.717, 1.165) is 5.56 Å². The second-order valence-electron chi connectivity index (χ2n) is 6.81. The van der Waals surface area contributed by atoms with Gasteiger partial charge in [0.25, 0.3) is 15.9 Å². The topological polar surface area (TPSA) is 93.7 Å². The highest BCUT2D eigenvalue weighted by atomic mass is 32.2. The van der Waals surface area contributed by atoms with Gasteiger partial charge in [-0.1, -0.05) is 30.3 Å². The van der Waals surface area contributed by atoms with Gasteiger partial charge in [-0.15, -0.1) is 0 Å². The van der Waals surface area contributed by atoms with Gasteiger partial charge in [-0.3, -0.25) is 9.52 Å². The van der Waals surface area contributed by atoms with Crippen molar-refractivity contribution in [2.45, 2.75) is 17.9 Å². The van der Waals surface area contributed by atoms with Crippen molar-refractivity contribution in [3.05, 3.63) is 83.9 Å². The predicted molar refractivity (Wildman–Crippen MR) is 119 cm³/mol. The number of sulfonamides is 1. The molecule has 0 bridgehead atoms. The van der Waals surface area contributed by atoms with E-state index in [2.05, 4.69) is 10.0 Å². The van der Waals surface area contributed by atoms with Crippen LogP contribution in [0.1, 0.15) is 28.9 Å². The van der Waals surface area contributed by atoms with Crippen LogP contribution in [0.4, 0.5) is 5.69 Å². The number of rotatable bonds is 8. The quantitative estimate of drug-likeness (QED) is 0.552. The number of ether oxygens (including phenoxy) is 2. The fraction of sp³-hybridized carbons (Fsp3) is 0.174. The molecule has 0 aliphatic rings. The van der Waals surface area contributed by atoms with Crippen LogP contribution in [0, 0.1) is 0 Å². The van der Waals surface area contributed by atoms with Gasteiger partial charge in [0.2, 0.25) is 0 Å². The molecule has 0 radical (unpaired) electrons. The molecule has 0 aliphatic carbocycles. The minimum atomic E-state index is -3.74. The van der Waals surface area contributed by atoms with E-state index in [1.807, 2.05) is 13.0 Å². The van der Waals surface area contributed by atoms with E-state index in [1.165, 1.54) is 18.2 Å². The maximum Gasteiger partial charge on any atom is 0.261 e. The summed E-state index contributed by atoms with van der Waals surface area (Å²) in [6.07, 6.45) is 0. The molecule has 1 atom stereocenters. The summed E-state index contributed by atoms with van der Waals surface area (Å²) in [7, 11) is -0.638. The molecule has 3 aromatic rings. The zero-order valence-electron chi connectivity index (χ0n) is 17.5. The number of methoxy groups -OCH3 is 2. The van der Waals surface area contributed by atoms with Gasteiger partial charge in [0.05, 0.1) is 25.2 Å². The van der Waals surface area contributed by atoms with Gasteiger partial charge < -0.3 is 14.8 Å². The third-order valence-electron chi connectivity index (χ3n) is 4.69. The maximum atomic E-state index is 12.7. The summed E-state index contributed by atoms with van der Waals surface area (Å²) in [5, 5.41) is 2.91. The number of nitrogens with one attached hydrogen (secondary N) is 2. The molecule has 1 amide bonds. The molecule has 8 heteroatoms. The van der Waals surface area contributed by atoms with E-state index < -0.39 is 10.0 Å². The molecule has 0 aliphatic heterocycles. The Balaban J connectivity index is 1.74. The molecule has 0 heterocycles. The van der Waals surface area contributed by atoms with Gasteiger partial charge in [0, 0.05) is 11.3 Å². The number of hydrogen-bond acceptors (Lipinski definition) is 5. The van der Waals surface area contributed by atoms with Gasteiger partial charge in [0.1, 0.15) is 0 Å². The molecule has 0 saturated carbocycles. The number of carbonyl (C=O) groups excluding carboxylic acids is 1. The van der Waals surface area contributed by atoms with Crippen molar-refractivity contribution in [2.24, 2.45) is 0 Å². The van der Waals surface area contributed by atoms with E-state index >= 15 is 0 Å². The van der Waals surface area contributed by atoms with Crippen molar-refractivity contribution in [3.63, 3.8) is 0 Å². The Bertz CT molecular complexity index is 1160. The zero-order chi connectivity index (χ0) is 22.4. The first-order chi connectivity index (χ1) is 14.8. The summed E-state index contributed by atoms with van der Waals surface area (Å²) in [6.45, 7) is 1.85. The Labute approximate surface area is 182 Å². The first-order valence-corrected chi connectivity index (χ1v) is 11.0. The van der Waals surface area contributed by atoms with Crippen LogP contribution in [0.25, 0.3) is 0 Å². The number of anilines is 1. The Morgan fingerprint density at radius 2 is 1.58 bits per heavy atom. The molecule has 1 unspecified atom stereocenters. The van der Waals surface area contributed by atoms with Gasteiger partial charge in [-0.25, -0.2) is 8.42 Å². The summed E-state index contributed by atoms with van der Waals surface area (Å²) in [4.78, 5) is 12.9. The number of carbonyl (C=O) groups is 1. The zero-order valence-corrected chi connectivity index (χ0v) is 18.3. The molecule has 31 heavy (non-hydrogen) atoms. The van der Waals surface area contributed by atoms with Gasteiger partial charge in [-0.2, -0.15) is 0 Å². The molecule has 0 spiro atoms. The molecule has 7 nitrogen and oxygen atoms in total. The van der Waals surface area contributed by atoms with Crippen LogP contribution in [0.5, 0.6) is 11.5 Å². The Kier molecular flexibility index (Phi) is 6.81. The smallest absolute Gasteiger partial charge is 0.261 e. The van der Waals surface area contributed by atoms with Crippen LogP contribution in [0.2, 0.25) is 0 Å². The molecular weight excluding hydrogens is 416 g/mol. The molecule has 3 aromatic carbocycles. The van der Waals surface area contributed by atoms with Crippen molar-refractivity contribution in [3.8, 4) is 11.5 Å². The van der Waals surface area contributed by atoms with Crippen LogP contribution < -0.4 is 19.5 Å². The lowest BCUT2D eigenvalue weighted by Gasteiger charge is -2.17. The van der Waals surface area contributed by atoms with Crippen LogP contribution in [-0.4, -0.2) is 28.5 Å². The Hall–Kier alpha value is -3.52. The van der Waals surface area contributed by atoms with Crippen molar-refractivity contribution < 1.29 is 22.7 Å². The van der Waals surface area contributed by atoms with E-state index in [0.29, 0.717) is 22.7 Å². The highest BCUT2D eigenvalue weighted by Gasteiger charge is 2.17. The fourth-order valence-electron chi connectivity index (χ4n) is 3.02. The van der Waals surface area contributed by atoms with Crippen LogP contribution >= 0.6 is 0 Å². The minimum Gasteiger partial charge on any atom is -0.493 e. The molecular formula is C23H24N2O5S. The molecule has 0 aromatic heterocycles. The van der Waals surface area contributed by atoms with Crippen molar-refractivity contribution in [2.75, 3.05) is 18.9 Å².